The molecule has 7 heteroatoms. The minimum absolute atomic E-state index is 0.0347. The van der Waals surface area contributed by atoms with Gasteiger partial charge in [0.15, 0.2) is 0 Å². The van der Waals surface area contributed by atoms with E-state index < -0.39 is 5.54 Å². The molecule has 0 aliphatic carbocycles. The number of hydrogen-bond donors (Lipinski definition) is 1. The van der Waals surface area contributed by atoms with Gasteiger partial charge in [-0.1, -0.05) is 91.0 Å². The summed E-state index contributed by atoms with van der Waals surface area (Å²) < 4.78 is 14.9. The molecule has 0 saturated carbocycles. The Bertz CT molecular complexity index is 1400. The van der Waals surface area contributed by atoms with Crippen LogP contribution in [-0.2, 0) is 10.3 Å². The van der Waals surface area contributed by atoms with Gasteiger partial charge in [0, 0.05) is 18.9 Å². The highest BCUT2D eigenvalue weighted by atomic mass is 127. The lowest BCUT2D eigenvalue weighted by atomic mass is 9.77. The van der Waals surface area contributed by atoms with Crippen LogP contribution in [0.5, 0.6) is 5.88 Å². The number of aromatic nitrogens is 3. The van der Waals surface area contributed by atoms with Crippen molar-refractivity contribution in [3.8, 4) is 5.88 Å². The Labute approximate surface area is 229 Å². The number of nitrogens with two attached hydrogens (primary N) is 1. The van der Waals surface area contributed by atoms with E-state index in [1.807, 2.05) is 24.3 Å². The molecule has 1 aliphatic heterocycles. The van der Waals surface area contributed by atoms with Crippen LogP contribution in [0.15, 0.2) is 97.1 Å². The van der Waals surface area contributed by atoms with Crippen LogP contribution in [0.1, 0.15) is 29.5 Å². The quantitative estimate of drug-likeness (QED) is 0.190. The van der Waals surface area contributed by atoms with E-state index in [1.165, 1.54) is 0 Å². The number of hydrogen-bond acceptors (Lipinski definition) is 5. The van der Waals surface area contributed by atoms with Crippen molar-refractivity contribution in [2.75, 3.05) is 18.9 Å². The van der Waals surface area contributed by atoms with Crippen LogP contribution in [0.4, 0.5) is 5.82 Å². The van der Waals surface area contributed by atoms with Crippen LogP contribution in [-0.4, -0.2) is 34.1 Å². The van der Waals surface area contributed by atoms with Crippen LogP contribution in [0.25, 0.3) is 10.9 Å². The molecule has 1 saturated heterocycles. The van der Waals surface area contributed by atoms with E-state index in [0.717, 1.165) is 44.1 Å². The van der Waals surface area contributed by atoms with Crippen LogP contribution >= 0.6 is 22.6 Å². The van der Waals surface area contributed by atoms with Crippen LogP contribution < -0.4 is 10.5 Å². The molecule has 0 unspecified atom stereocenters. The standard InChI is InChI=1S/C30H27IN4O2/c31-28-27-25(20-26(32)33-29(27)37-24-16-18-36-19-17-24)35(34-28)30(21-10-4-1-5-11-21,22-12-6-2-7-13-22)23-14-8-3-9-15-23/h1-15,20,24H,16-19H2,(H2,32,33). The van der Waals surface area contributed by atoms with Crippen molar-refractivity contribution in [1.82, 2.24) is 14.8 Å². The molecule has 6 nitrogen and oxygen atoms in total. The highest BCUT2D eigenvalue weighted by Crippen LogP contribution is 2.44. The van der Waals surface area contributed by atoms with Crippen LogP contribution in [0.3, 0.4) is 0 Å². The molecule has 37 heavy (non-hydrogen) atoms. The van der Waals surface area contributed by atoms with Crippen LogP contribution in [0, 0.1) is 3.70 Å². The topological polar surface area (TPSA) is 75.2 Å². The molecule has 0 bridgehead atoms. The van der Waals surface area contributed by atoms with Gasteiger partial charge in [-0.2, -0.15) is 10.1 Å². The molecule has 0 amide bonds. The number of benzene rings is 3. The second-order valence-corrected chi connectivity index (χ2v) is 10.2. The number of nitrogen functional groups attached to an aromatic ring is 1. The average molecular weight is 602 g/mol. The summed E-state index contributed by atoms with van der Waals surface area (Å²) in [6.07, 6.45) is 1.68. The maximum absolute atomic E-state index is 6.44. The smallest absolute Gasteiger partial charge is 0.227 e. The highest BCUT2D eigenvalue weighted by Gasteiger charge is 2.41. The Kier molecular flexibility index (Phi) is 6.56. The summed E-state index contributed by atoms with van der Waals surface area (Å²) >= 11 is 2.29. The number of fused-ring (bicyclic) bond motifs is 1. The number of halogens is 1. The van der Waals surface area contributed by atoms with Crippen molar-refractivity contribution < 1.29 is 9.47 Å². The Morgan fingerprint density at radius 1 is 0.838 bits per heavy atom. The van der Waals surface area contributed by atoms with Gasteiger partial charge in [-0.05, 0) is 39.3 Å². The third-order valence-corrected chi connectivity index (χ3v) is 7.70. The summed E-state index contributed by atoms with van der Waals surface area (Å²) in [7, 11) is 0. The van der Waals surface area contributed by atoms with Gasteiger partial charge in [0.2, 0.25) is 5.88 Å². The zero-order chi connectivity index (χ0) is 25.2. The summed E-state index contributed by atoms with van der Waals surface area (Å²) in [4.78, 5) is 4.63. The first-order chi connectivity index (χ1) is 18.2. The van der Waals surface area contributed by atoms with Gasteiger partial charge in [-0.15, -0.1) is 0 Å². The van der Waals surface area contributed by atoms with Crippen molar-refractivity contribution >= 4 is 39.3 Å². The fraction of sp³-hybridized carbons (Fsp3) is 0.200. The zero-order valence-electron chi connectivity index (χ0n) is 20.3. The van der Waals surface area contributed by atoms with Crippen molar-refractivity contribution in [3.63, 3.8) is 0 Å². The summed E-state index contributed by atoms with van der Waals surface area (Å²) in [5, 5.41) is 6.06. The molecule has 5 aromatic rings. The number of pyridine rings is 1. The van der Waals surface area contributed by atoms with Gasteiger partial charge in [0.05, 0.1) is 24.1 Å². The van der Waals surface area contributed by atoms with Crippen molar-refractivity contribution in [2.24, 2.45) is 0 Å². The van der Waals surface area contributed by atoms with Gasteiger partial charge in [-0.25, -0.2) is 4.68 Å². The third-order valence-electron chi connectivity index (χ3n) is 6.95. The SMILES string of the molecule is Nc1cc2c(c(I)nn2C(c2ccccc2)(c2ccccc2)c2ccccc2)c(OC2CCOCC2)n1. The fourth-order valence-corrected chi connectivity index (χ4v) is 6.00. The lowest BCUT2D eigenvalue weighted by molar-refractivity contribution is 0.0245. The lowest BCUT2D eigenvalue weighted by Gasteiger charge is -2.37. The van der Waals surface area contributed by atoms with Crippen molar-refractivity contribution in [2.45, 2.75) is 24.5 Å². The molecule has 3 heterocycles. The Morgan fingerprint density at radius 3 is 1.86 bits per heavy atom. The van der Waals surface area contributed by atoms with Crippen molar-refractivity contribution in [1.29, 1.82) is 0 Å². The predicted octanol–water partition coefficient (Wildman–Crippen LogP) is 6.02. The number of anilines is 1. The van der Waals surface area contributed by atoms with Gasteiger partial charge >= 0.3 is 0 Å². The average Bonchev–Trinajstić information content (AvgIpc) is 3.28. The molecule has 6 rings (SSSR count). The highest BCUT2D eigenvalue weighted by molar-refractivity contribution is 14.1. The van der Waals surface area contributed by atoms with Gasteiger partial charge in [0.25, 0.3) is 0 Å². The van der Waals surface area contributed by atoms with Crippen LogP contribution in [0.2, 0.25) is 0 Å². The second kappa shape index (κ2) is 10.1. The lowest BCUT2D eigenvalue weighted by Crippen LogP contribution is -2.38. The predicted molar refractivity (Wildman–Crippen MR) is 154 cm³/mol. The molecule has 0 radical (unpaired) electrons. The zero-order valence-corrected chi connectivity index (χ0v) is 22.4. The molecule has 0 spiro atoms. The first-order valence-electron chi connectivity index (χ1n) is 12.4. The molecule has 186 valence electrons. The monoisotopic (exact) mass is 602 g/mol. The van der Waals surface area contributed by atoms with Gasteiger partial charge < -0.3 is 15.2 Å². The van der Waals surface area contributed by atoms with E-state index in [2.05, 4.69) is 105 Å². The van der Waals surface area contributed by atoms with Gasteiger partial charge in [0.1, 0.15) is 21.2 Å². The minimum atomic E-state index is -0.755. The van der Waals surface area contributed by atoms with E-state index in [0.29, 0.717) is 24.9 Å². The largest absolute Gasteiger partial charge is 0.474 e. The molecular weight excluding hydrogens is 575 g/mol. The van der Waals surface area contributed by atoms with E-state index in [-0.39, 0.29) is 6.10 Å². The first-order valence-corrected chi connectivity index (χ1v) is 13.5. The molecule has 3 aromatic carbocycles. The first kappa shape index (κ1) is 23.9. The molecule has 2 aromatic heterocycles. The van der Waals surface area contributed by atoms with E-state index in [1.54, 1.807) is 0 Å². The Hall–Kier alpha value is -3.43. The number of rotatable bonds is 6. The minimum Gasteiger partial charge on any atom is -0.474 e. The molecule has 0 atom stereocenters. The van der Waals surface area contributed by atoms with E-state index in [4.69, 9.17) is 20.3 Å². The second-order valence-electron chi connectivity index (χ2n) is 9.19. The van der Waals surface area contributed by atoms with E-state index >= 15 is 0 Å². The normalized spacial score (nSPS) is 14.6. The molecular formula is C30H27IN4O2. The molecule has 1 aliphatic rings. The number of nitrogens with zero attached hydrogens (tertiary/aromatic N) is 3. The Balaban J connectivity index is 1.67. The fourth-order valence-electron chi connectivity index (χ4n) is 5.28. The summed E-state index contributed by atoms with van der Waals surface area (Å²) in [5.41, 5.74) is 9.80. The maximum atomic E-state index is 6.44. The molecule has 1 fully saturated rings. The number of ether oxygens (including phenoxy) is 2. The third kappa shape index (κ3) is 4.26. The maximum Gasteiger partial charge on any atom is 0.227 e. The summed E-state index contributed by atoms with van der Waals surface area (Å²) in [5.74, 6) is 0.927. The Morgan fingerprint density at radius 2 is 1.35 bits per heavy atom. The molecule has 2 N–H and O–H groups in total. The van der Waals surface area contributed by atoms with Crippen molar-refractivity contribution in [3.05, 3.63) is 117 Å². The summed E-state index contributed by atoms with van der Waals surface area (Å²) in [6, 6.07) is 33.4. The van der Waals surface area contributed by atoms with Gasteiger partial charge in [-0.3, -0.25) is 0 Å². The summed E-state index contributed by atoms with van der Waals surface area (Å²) in [6.45, 7) is 1.37. The van der Waals surface area contributed by atoms with E-state index in [9.17, 15) is 0 Å².